The minimum Gasteiger partial charge on any atom is -0.350 e. The molecule has 1 atom stereocenters. The highest BCUT2D eigenvalue weighted by Gasteiger charge is 2.16. The van der Waals surface area contributed by atoms with Crippen LogP contribution in [0.2, 0.25) is 10.0 Å². The first-order valence-electron chi connectivity index (χ1n) is 7.40. The molecule has 0 aliphatic heterocycles. The van der Waals surface area contributed by atoms with Crippen LogP contribution in [0.1, 0.15) is 41.7 Å². The van der Waals surface area contributed by atoms with Crippen LogP contribution in [0.5, 0.6) is 0 Å². The molecule has 0 aliphatic rings. The summed E-state index contributed by atoms with van der Waals surface area (Å²) in [6.45, 7) is 1.69. The highest BCUT2D eigenvalue weighted by atomic mass is 35.5. The number of rotatable bonds is 6. The first-order valence-corrected chi connectivity index (χ1v) is 8.16. The summed E-state index contributed by atoms with van der Waals surface area (Å²) in [6.07, 6.45) is 0.150. The molecular weight excluding hydrogens is 352 g/mol. The van der Waals surface area contributed by atoms with E-state index in [1.165, 1.54) is 12.1 Å². The molecule has 1 amide bonds. The van der Waals surface area contributed by atoms with Crippen molar-refractivity contribution in [2.75, 3.05) is 0 Å². The van der Waals surface area contributed by atoms with Crippen LogP contribution in [0.25, 0.3) is 0 Å². The van der Waals surface area contributed by atoms with E-state index in [4.69, 9.17) is 23.2 Å². The fourth-order valence-electron chi connectivity index (χ4n) is 2.26. The highest BCUT2D eigenvalue weighted by molar-refractivity contribution is 6.35. The number of ketones is 1. The number of benzene rings is 2. The second-order valence-electron chi connectivity index (χ2n) is 5.37. The maximum atomic E-state index is 13.6. The largest absolute Gasteiger partial charge is 0.350 e. The second kappa shape index (κ2) is 8.27. The molecule has 0 saturated heterocycles. The van der Waals surface area contributed by atoms with E-state index >= 15 is 0 Å². The summed E-state index contributed by atoms with van der Waals surface area (Å²) in [7, 11) is 0. The molecule has 1 unspecified atom stereocenters. The zero-order valence-electron chi connectivity index (χ0n) is 13.0. The monoisotopic (exact) mass is 367 g/mol. The second-order valence-corrected chi connectivity index (χ2v) is 6.18. The van der Waals surface area contributed by atoms with Crippen molar-refractivity contribution >= 4 is 34.9 Å². The summed E-state index contributed by atoms with van der Waals surface area (Å²) in [5.74, 6) is -1.01. The Morgan fingerprint density at radius 2 is 1.75 bits per heavy atom. The van der Waals surface area contributed by atoms with E-state index in [-0.39, 0.29) is 34.6 Å². The van der Waals surface area contributed by atoms with Gasteiger partial charge in [0.2, 0.25) is 5.91 Å². The van der Waals surface area contributed by atoms with Crippen molar-refractivity contribution in [1.29, 1.82) is 0 Å². The van der Waals surface area contributed by atoms with E-state index in [1.807, 2.05) is 6.07 Å². The average Bonchev–Trinajstić information content (AvgIpc) is 2.56. The van der Waals surface area contributed by atoms with E-state index in [0.717, 1.165) is 0 Å². The smallest absolute Gasteiger partial charge is 0.220 e. The predicted molar refractivity (Wildman–Crippen MR) is 93.0 cm³/mol. The summed E-state index contributed by atoms with van der Waals surface area (Å²) in [6, 6.07) is 10.8. The Morgan fingerprint density at radius 3 is 2.42 bits per heavy atom. The van der Waals surface area contributed by atoms with Gasteiger partial charge in [0.15, 0.2) is 5.78 Å². The van der Waals surface area contributed by atoms with Crippen LogP contribution in [0.15, 0.2) is 42.5 Å². The molecule has 2 aromatic carbocycles. The summed E-state index contributed by atoms with van der Waals surface area (Å²) >= 11 is 11.7. The van der Waals surface area contributed by atoms with Crippen LogP contribution >= 0.6 is 23.2 Å². The molecular formula is C18H16Cl2FNO2. The molecule has 0 radical (unpaired) electrons. The van der Waals surface area contributed by atoms with Crippen molar-refractivity contribution in [2.45, 2.75) is 25.8 Å². The highest BCUT2D eigenvalue weighted by Crippen LogP contribution is 2.28. The number of amides is 1. The van der Waals surface area contributed by atoms with Crippen molar-refractivity contribution in [3.8, 4) is 0 Å². The third-order valence-electron chi connectivity index (χ3n) is 3.56. The third-order valence-corrected chi connectivity index (χ3v) is 4.18. The van der Waals surface area contributed by atoms with Gasteiger partial charge in [-0.1, -0.05) is 53.5 Å². The summed E-state index contributed by atoms with van der Waals surface area (Å²) in [5, 5.41) is 2.90. The normalized spacial score (nSPS) is 11.8. The van der Waals surface area contributed by atoms with Crippen molar-refractivity contribution in [1.82, 2.24) is 5.32 Å². The molecule has 0 spiro atoms. The predicted octanol–water partition coefficient (Wildman–Crippen LogP) is 4.97. The van der Waals surface area contributed by atoms with Crippen LogP contribution in [0.4, 0.5) is 4.39 Å². The minimum atomic E-state index is -0.601. The van der Waals surface area contributed by atoms with Gasteiger partial charge in [0.05, 0.1) is 11.1 Å². The Kier molecular flexibility index (Phi) is 6.35. The van der Waals surface area contributed by atoms with Crippen LogP contribution in [-0.4, -0.2) is 11.7 Å². The number of hydrogen-bond donors (Lipinski definition) is 1. The van der Waals surface area contributed by atoms with Gasteiger partial charge >= 0.3 is 0 Å². The van der Waals surface area contributed by atoms with E-state index in [2.05, 4.69) is 5.32 Å². The molecule has 2 rings (SSSR count). The van der Waals surface area contributed by atoms with Crippen LogP contribution in [0.3, 0.4) is 0 Å². The number of carbonyl (C=O) groups excluding carboxylic acids is 2. The van der Waals surface area contributed by atoms with Gasteiger partial charge in [0.1, 0.15) is 5.82 Å². The molecule has 126 valence electrons. The molecule has 3 nitrogen and oxygen atoms in total. The van der Waals surface area contributed by atoms with Gasteiger partial charge in [-0.2, -0.15) is 0 Å². The Morgan fingerprint density at radius 1 is 1.08 bits per heavy atom. The maximum Gasteiger partial charge on any atom is 0.220 e. The Labute approximate surface area is 149 Å². The zero-order valence-corrected chi connectivity index (χ0v) is 14.5. The lowest BCUT2D eigenvalue weighted by atomic mass is 10.1. The number of Topliss-reactive ketones (excluding diaryl/α,β-unsaturated/α-hetero) is 1. The fourth-order valence-corrected chi connectivity index (χ4v) is 2.80. The first-order chi connectivity index (χ1) is 11.4. The number of halogens is 3. The molecule has 0 saturated carbocycles. The van der Waals surface area contributed by atoms with Gasteiger partial charge in [0, 0.05) is 23.4 Å². The maximum absolute atomic E-state index is 13.6. The molecule has 1 N–H and O–H groups in total. The minimum absolute atomic E-state index is 0.0474. The number of carbonyl (C=O) groups is 2. The number of hydrogen-bond acceptors (Lipinski definition) is 2. The molecule has 0 bridgehead atoms. The van der Waals surface area contributed by atoms with Gasteiger partial charge in [-0.15, -0.1) is 0 Å². The van der Waals surface area contributed by atoms with E-state index in [0.29, 0.717) is 11.1 Å². The van der Waals surface area contributed by atoms with Crippen LogP contribution in [0, 0.1) is 5.82 Å². The lowest BCUT2D eigenvalue weighted by Crippen LogP contribution is -2.27. The van der Waals surface area contributed by atoms with E-state index in [1.54, 1.807) is 31.2 Å². The molecule has 0 fully saturated rings. The molecule has 0 heterocycles. The standard InChI is InChI=1S/C18H16Cl2FNO2/c1-11(13-9-16(21)15(20)10-14(13)19)22-18(24)8-7-17(23)12-5-3-2-4-6-12/h2-6,9-11H,7-8H2,1H3,(H,22,24). The molecule has 2 aromatic rings. The third kappa shape index (κ3) is 4.79. The Hall–Kier alpha value is -1.91. The Balaban J connectivity index is 1.93. The van der Waals surface area contributed by atoms with Crippen molar-refractivity contribution in [3.05, 3.63) is 69.5 Å². The molecule has 0 aromatic heterocycles. The lowest BCUT2D eigenvalue weighted by molar-refractivity contribution is -0.121. The van der Waals surface area contributed by atoms with Gasteiger partial charge in [-0.25, -0.2) is 4.39 Å². The van der Waals surface area contributed by atoms with Gasteiger partial charge in [0.25, 0.3) is 0 Å². The summed E-state index contributed by atoms with van der Waals surface area (Å²) in [5.41, 5.74) is 1.00. The van der Waals surface area contributed by atoms with Crippen molar-refractivity contribution in [3.63, 3.8) is 0 Å². The zero-order chi connectivity index (χ0) is 17.7. The van der Waals surface area contributed by atoms with Gasteiger partial charge in [-0.3, -0.25) is 9.59 Å². The lowest BCUT2D eigenvalue weighted by Gasteiger charge is -2.16. The molecule has 24 heavy (non-hydrogen) atoms. The Bertz CT molecular complexity index is 750. The van der Waals surface area contributed by atoms with Crippen molar-refractivity contribution in [2.24, 2.45) is 0 Å². The van der Waals surface area contributed by atoms with Gasteiger partial charge < -0.3 is 5.32 Å². The summed E-state index contributed by atoms with van der Waals surface area (Å²) in [4.78, 5) is 24.0. The average molecular weight is 368 g/mol. The molecule has 0 aliphatic carbocycles. The quantitative estimate of drug-likeness (QED) is 0.578. The first kappa shape index (κ1) is 18.4. The van der Waals surface area contributed by atoms with E-state index in [9.17, 15) is 14.0 Å². The van der Waals surface area contributed by atoms with E-state index < -0.39 is 11.9 Å². The summed E-state index contributed by atoms with van der Waals surface area (Å²) < 4.78 is 13.6. The number of nitrogens with one attached hydrogen (secondary N) is 1. The SMILES string of the molecule is CC(NC(=O)CCC(=O)c1ccccc1)c1cc(F)c(Cl)cc1Cl. The van der Waals surface area contributed by atoms with Crippen LogP contribution in [-0.2, 0) is 4.79 Å². The van der Waals surface area contributed by atoms with Crippen LogP contribution < -0.4 is 5.32 Å². The topological polar surface area (TPSA) is 46.2 Å². The van der Waals surface area contributed by atoms with Gasteiger partial charge in [-0.05, 0) is 24.6 Å². The van der Waals surface area contributed by atoms with Crippen molar-refractivity contribution < 1.29 is 14.0 Å². The molecule has 6 heteroatoms. The fraction of sp³-hybridized carbons (Fsp3) is 0.222.